The number of anilines is 3. The van der Waals surface area contributed by atoms with Crippen LogP contribution in [0.25, 0.3) is 70.9 Å². The zero-order chi connectivity index (χ0) is 33.0. The van der Waals surface area contributed by atoms with Crippen molar-refractivity contribution in [2.24, 2.45) is 0 Å². The predicted molar refractivity (Wildman–Crippen MR) is 213 cm³/mol. The summed E-state index contributed by atoms with van der Waals surface area (Å²) >= 11 is 0. The summed E-state index contributed by atoms with van der Waals surface area (Å²) in [6.45, 7) is 0. The molecule has 0 radical (unpaired) electrons. The second-order valence-corrected chi connectivity index (χ2v) is 13.0. The first-order valence-electron chi connectivity index (χ1n) is 17.2. The van der Waals surface area contributed by atoms with Crippen LogP contribution in [0.2, 0.25) is 0 Å². The van der Waals surface area contributed by atoms with Crippen molar-refractivity contribution in [3.05, 3.63) is 194 Å². The van der Waals surface area contributed by atoms with Crippen LogP contribution >= 0.6 is 0 Å². The Morgan fingerprint density at radius 1 is 0.320 bits per heavy atom. The van der Waals surface area contributed by atoms with Crippen LogP contribution in [0.4, 0.5) is 17.1 Å². The zero-order valence-electron chi connectivity index (χ0n) is 27.4. The van der Waals surface area contributed by atoms with Gasteiger partial charge in [-0.2, -0.15) is 0 Å². The van der Waals surface area contributed by atoms with Crippen molar-refractivity contribution in [2.75, 3.05) is 4.90 Å². The van der Waals surface area contributed by atoms with Gasteiger partial charge in [0.2, 0.25) is 0 Å². The SMILES string of the molecule is c1ccc(-c2cccc(-n3c4ccccc4c4ccc(N(c5ccccc5)c5cccc6c5ccc5c7ccccc7ccc65)cc43)c2)cc1. The van der Waals surface area contributed by atoms with Gasteiger partial charge in [0, 0.05) is 33.2 Å². The van der Waals surface area contributed by atoms with E-state index in [2.05, 4.69) is 204 Å². The molecule has 9 aromatic carbocycles. The number of benzene rings is 9. The summed E-state index contributed by atoms with van der Waals surface area (Å²) in [5.41, 5.74) is 9.30. The van der Waals surface area contributed by atoms with Crippen LogP contribution in [0.15, 0.2) is 194 Å². The molecule has 10 aromatic rings. The second-order valence-electron chi connectivity index (χ2n) is 13.0. The molecule has 1 heterocycles. The molecule has 0 spiro atoms. The van der Waals surface area contributed by atoms with Crippen molar-refractivity contribution in [3.8, 4) is 16.8 Å². The van der Waals surface area contributed by atoms with Gasteiger partial charge in [-0.05, 0) is 86.6 Å². The Hall–Kier alpha value is -6.64. The molecule has 0 aliphatic heterocycles. The highest BCUT2D eigenvalue weighted by molar-refractivity contribution is 6.20. The molecular weight excluding hydrogens is 605 g/mol. The quantitative estimate of drug-likeness (QED) is 0.171. The lowest BCUT2D eigenvalue weighted by Gasteiger charge is -2.27. The Morgan fingerprint density at radius 3 is 1.80 bits per heavy atom. The van der Waals surface area contributed by atoms with E-state index in [0.29, 0.717) is 0 Å². The number of fused-ring (bicyclic) bond motifs is 8. The summed E-state index contributed by atoms with van der Waals surface area (Å²) in [4.78, 5) is 2.41. The highest BCUT2D eigenvalue weighted by atomic mass is 15.1. The molecule has 1 aromatic heterocycles. The standard InChI is InChI=1S/C48H32N2/c1-3-13-33(14-4-1)35-16-11-19-37(31-35)50-47-23-10-9-21-43(47)45-28-26-38(32-48(45)50)49(36-17-5-2-6-18-36)46-24-12-22-40-42-27-25-34-15-7-8-20-39(34)41(42)29-30-44(40)46/h1-32H. The topological polar surface area (TPSA) is 8.17 Å². The highest BCUT2D eigenvalue weighted by Crippen LogP contribution is 2.43. The lowest BCUT2D eigenvalue weighted by atomic mass is 9.96. The van der Waals surface area contributed by atoms with Crippen LogP contribution in [0, 0.1) is 0 Å². The summed E-state index contributed by atoms with van der Waals surface area (Å²) in [7, 11) is 0. The molecular formula is C48H32N2. The zero-order valence-corrected chi connectivity index (χ0v) is 27.4. The first kappa shape index (κ1) is 28.4. The Bertz CT molecular complexity index is 2870. The van der Waals surface area contributed by atoms with Gasteiger partial charge in [-0.3, -0.25) is 0 Å². The van der Waals surface area contributed by atoms with E-state index in [0.717, 1.165) is 22.7 Å². The summed E-state index contributed by atoms with van der Waals surface area (Å²) in [5.74, 6) is 0. The van der Waals surface area contributed by atoms with Gasteiger partial charge in [0.15, 0.2) is 0 Å². The van der Waals surface area contributed by atoms with Crippen molar-refractivity contribution < 1.29 is 0 Å². The molecule has 0 bridgehead atoms. The van der Waals surface area contributed by atoms with Crippen LogP contribution in [0.1, 0.15) is 0 Å². The Labute approximate surface area is 290 Å². The van der Waals surface area contributed by atoms with Gasteiger partial charge in [0.1, 0.15) is 0 Å². The van der Waals surface area contributed by atoms with Crippen molar-refractivity contribution in [1.29, 1.82) is 0 Å². The molecule has 0 amide bonds. The fourth-order valence-corrected chi connectivity index (χ4v) is 7.87. The number of nitrogens with zero attached hydrogens (tertiary/aromatic N) is 2. The molecule has 234 valence electrons. The molecule has 50 heavy (non-hydrogen) atoms. The number of hydrogen-bond acceptors (Lipinski definition) is 1. The molecule has 0 aliphatic rings. The van der Waals surface area contributed by atoms with E-state index in [4.69, 9.17) is 0 Å². The van der Waals surface area contributed by atoms with Gasteiger partial charge in [0.05, 0.1) is 16.7 Å². The molecule has 0 aliphatic carbocycles. The van der Waals surface area contributed by atoms with E-state index in [1.807, 2.05) is 0 Å². The molecule has 10 rings (SSSR count). The van der Waals surface area contributed by atoms with Gasteiger partial charge in [-0.1, -0.05) is 146 Å². The monoisotopic (exact) mass is 636 g/mol. The third-order valence-corrected chi connectivity index (χ3v) is 10.1. The van der Waals surface area contributed by atoms with E-state index in [9.17, 15) is 0 Å². The van der Waals surface area contributed by atoms with Gasteiger partial charge >= 0.3 is 0 Å². The molecule has 2 heteroatoms. The van der Waals surface area contributed by atoms with E-state index in [-0.39, 0.29) is 0 Å². The van der Waals surface area contributed by atoms with Gasteiger partial charge < -0.3 is 9.47 Å². The third kappa shape index (κ3) is 4.50. The minimum absolute atomic E-state index is 1.11. The van der Waals surface area contributed by atoms with Crippen LogP contribution in [-0.4, -0.2) is 4.57 Å². The fourth-order valence-electron chi connectivity index (χ4n) is 7.87. The van der Waals surface area contributed by atoms with E-state index in [1.165, 1.54) is 65.3 Å². The summed E-state index contributed by atoms with van der Waals surface area (Å²) < 4.78 is 2.42. The lowest BCUT2D eigenvalue weighted by molar-refractivity contribution is 1.18. The molecule has 0 N–H and O–H groups in total. The van der Waals surface area contributed by atoms with E-state index >= 15 is 0 Å². The summed E-state index contributed by atoms with van der Waals surface area (Å²) in [5, 5.41) is 10.0. The van der Waals surface area contributed by atoms with E-state index < -0.39 is 0 Å². The van der Waals surface area contributed by atoms with Crippen molar-refractivity contribution in [2.45, 2.75) is 0 Å². The van der Waals surface area contributed by atoms with Crippen molar-refractivity contribution in [3.63, 3.8) is 0 Å². The number of para-hydroxylation sites is 2. The van der Waals surface area contributed by atoms with Crippen molar-refractivity contribution in [1.82, 2.24) is 4.57 Å². The maximum absolute atomic E-state index is 2.42. The molecule has 0 saturated heterocycles. The summed E-state index contributed by atoms with van der Waals surface area (Å²) in [6.07, 6.45) is 0. The van der Waals surface area contributed by atoms with Crippen LogP contribution in [0.3, 0.4) is 0 Å². The first-order chi connectivity index (χ1) is 24.8. The van der Waals surface area contributed by atoms with Crippen LogP contribution in [-0.2, 0) is 0 Å². The molecule has 0 unspecified atom stereocenters. The van der Waals surface area contributed by atoms with Gasteiger partial charge in [-0.15, -0.1) is 0 Å². The molecule has 2 nitrogen and oxygen atoms in total. The number of hydrogen-bond donors (Lipinski definition) is 0. The first-order valence-corrected chi connectivity index (χ1v) is 17.2. The van der Waals surface area contributed by atoms with Crippen LogP contribution < -0.4 is 4.90 Å². The molecule has 0 atom stereocenters. The Morgan fingerprint density at radius 2 is 0.920 bits per heavy atom. The Balaban J connectivity index is 1.22. The number of rotatable bonds is 5. The summed E-state index contributed by atoms with van der Waals surface area (Å²) in [6, 6.07) is 70.5. The van der Waals surface area contributed by atoms with E-state index in [1.54, 1.807) is 0 Å². The number of aromatic nitrogens is 1. The predicted octanol–water partition coefficient (Wildman–Crippen LogP) is 13.4. The highest BCUT2D eigenvalue weighted by Gasteiger charge is 2.19. The third-order valence-electron chi connectivity index (χ3n) is 10.1. The minimum atomic E-state index is 1.11. The maximum atomic E-state index is 2.42. The normalized spacial score (nSPS) is 11.6. The second kappa shape index (κ2) is 11.5. The Kier molecular flexibility index (Phi) is 6.53. The molecule has 0 fully saturated rings. The minimum Gasteiger partial charge on any atom is -0.310 e. The van der Waals surface area contributed by atoms with Crippen molar-refractivity contribution >= 4 is 71.2 Å². The fraction of sp³-hybridized carbons (Fsp3) is 0. The smallest absolute Gasteiger partial charge is 0.0561 e. The van der Waals surface area contributed by atoms with Crippen LogP contribution in [0.5, 0.6) is 0 Å². The van der Waals surface area contributed by atoms with Gasteiger partial charge in [-0.25, -0.2) is 0 Å². The van der Waals surface area contributed by atoms with Gasteiger partial charge in [0.25, 0.3) is 0 Å². The molecule has 0 saturated carbocycles. The lowest BCUT2D eigenvalue weighted by Crippen LogP contribution is -2.10. The maximum Gasteiger partial charge on any atom is 0.0561 e. The largest absolute Gasteiger partial charge is 0.310 e. The average Bonchev–Trinajstić information content (AvgIpc) is 3.52. The average molecular weight is 637 g/mol.